The Morgan fingerprint density at radius 3 is 2.74 bits per heavy atom. The van der Waals surface area contributed by atoms with Gasteiger partial charge in [0.05, 0.1) is 9.82 Å². The number of aryl methyl sites for hydroxylation is 1. The first-order chi connectivity index (χ1) is 8.97. The molecule has 0 atom stereocenters. The summed E-state index contributed by atoms with van der Waals surface area (Å²) in [4.78, 5) is 22.7. The van der Waals surface area contributed by atoms with Crippen molar-refractivity contribution in [1.82, 2.24) is 0 Å². The summed E-state index contributed by atoms with van der Waals surface area (Å²) in [6, 6.07) is 6.38. The van der Waals surface area contributed by atoms with Crippen LogP contribution in [-0.4, -0.2) is 16.0 Å². The first kappa shape index (κ1) is 13.6. The molecule has 1 aromatic carbocycles. The van der Waals surface area contributed by atoms with Crippen LogP contribution < -0.4 is 0 Å². The van der Waals surface area contributed by atoms with Crippen molar-refractivity contribution in [3.63, 3.8) is 0 Å². The molecule has 0 amide bonds. The molecule has 2 rings (SSSR count). The Kier molecular flexibility index (Phi) is 3.87. The topological polar surface area (TPSA) is 80.4 Å². The van der Waals surface area contributed by atoms with Crippen molar-refractivity contribution in [2.24, 2.45) is 0 Å². The van der Waals surface area contributed by atoms with Crippen LogP contribution >= 0.6 is 23.1 Å². The van der Waals surface area contributed by atoms with Gasteiger partial charge in [0.25, 0.3) is 5.69 Å². The lowest BCUT2D eigenvalue weighted by molar-refractivity contribution is -0.387. The number of carboxylic acids is 1. The largest absolute Gasteiger partial charge is 0.477 e. The van der Waals surface area contributed by atoms with Gasteiger partial charge in [0.2, 0.25) is 0 Å². The van der Waals surface area contributed by atoms with E-state index >= 15 is 0 Å². The molecule has 7 heteroatoms. The Labute approximate surface area is 117 Å². The molecule has 0 aliphatic carbocycles. The van der Waals surface area contributed by atoms with Crippen molar-refractivity contribution in [2.75, 3.05) is 0 Å². The van der Waals surface area contributed by atoms with Gasteiger partial charge in [-0.05, 0) is 24.6 Å². The molecule has 98 valence electrons. The van der Waals surface area contributed by atoms with Crippen LogP contribution in [0.25, 0.3) is 0 Å². The number of carbonyl (C=O) groups is 1. The molecule has 0 radical (unpaired) electrons. The first-order valence-electron chi connectivity index (χ1n) is 5.22. The summed E-state index contributed by atoms with van der Waals surface area (Å²) in [5.41, 5.74) is 0.945. The number of aromatic carboxylic acids is 1. The quantitative estimate of drug-likeness (QED) is 0.685. The predicted molar refractivity (Wildman–Crippen MR) is 73.2 cm³/mol. The third-order valence-corrected chi connectivity index (χ3v) is 4.41. The fraction of sp³-hybridized carbons (Fsp3) is 0.0833. The molecule has 1 N–H and O–H groups in total. The van der Waals surface area contributed by atoms with Gasteiger partial charge in [0.1, 0.15) is 4.88 Å². The minimum atomic E-state index is -0.990. The van der Waals surface area contributed by atoms with E-state index in [0.29, 0.717) is 9.79 Å². The summed E-state index contributed by atoms with van der Waals surface area (Å²) in [6.07, 6.45) is 0. The van der Waals surface area contributed by atoms with E-state index in [1.165, 1.54) is 23.9 Å². The van der Waals surface area contributed by atoms with E-state index in [0.717, 1.165) is 16.9 Å². The monoisotopic (exact) mass is 295 g/mol. The number of nitrogens with zero attached hydrogens (tertiary/aromatic N) is 1. The Morgan fingerprint density at radius 1 is 1.42 bits per heavy atom. The third kappa shape index (κ3) is 3.12. The van der Waals surface area contributed by atoms with Crippen LogP contribution in [0.2, 0.25) is 0 Å². The van der Waals surface area contributed by atoms with Gasteiger partial charge in [-0.15, -0.1) is 11.3 Å². The number of thiophene rings is 1. The van der Waals surface area contributed by atoms with Crippen molar-refractivity contribution >= 4 is 34.8 Å². The van der Waals surface area contributed by atoms with Crippen molar-refractivity contribution < 1.29 is 14.8 Å². The number of nitro groups is 1. The van der Waals surface area contributed by atoms with E-state index in [9.17, 15) is 14.9 Å². The van der Waals surface area contributed by atoms with Crippen LogP contribution in [-0.2, 0) is 0 Å². The summed E-state index contributed by atoms with van der Waals surface area (Å²) in [5, 5.41) is 21.5. The maximum Gasteiger partial charge on any atom is 0.345 e. The van der Waals surface area contributed by atoms with Crippen molar-refractivity contribution in [3.05, 3.63) is 50.2 Å². The van der Waals surface area contributed by atoms with E-state index in [4.69, 9.17) is 5.11 Å². The molecule has 0 aliphatic heterocycles. The van der Waals surface area contributed by atoms with Gasteiger partial charge in [0, 0.05) is 16.3 Å². The zero-order valence-corrected chi connectivity index (χ0v) is 11.5. The zero-order valence-electron chi connectivity index (χ0n) is 9.82. The highest BCUT2D eigenvalue weighted by atomic mass is 32.2. The van der Waals surface area contributed by atoms with Crippen LogP contribution in [0.15, 0.2) is 39.4 Å². The number of nitro benzene ring substituents is 1. The van der Waals surface area contributed by atoms with Crippen LogP contribution in [0.1, 0.15) is 15.2 Å². The number of carboxylic acid groups (broad SMARTS) is 1. The van der Waals surface area contributed by atoms with E-state index in [-0.39, 0.29) is 10.6 Å². The van der Waals surface area contributed by atoms with Gasteiger partial charge in [-0.25, -0.2) is 4.79 Å². The van der Waals surface area contributed by atoms with Gasteiger partial charge < -0.3 is 5.11 Å². The lowest BCUT2D eigenvalue weighted by atomic mass is 10.2. The van der Waals surface area contributed by atoms with E-state index in [1.54, 1.807) is 17.5 Å². The Morgan fingerprint density at radius 2 is 2.16 bits per heavy atom. The zero-order chi connectivity index (χ0) is 14.0. The van der Waals surface area contributed by atoms with Crippen LogP contribution in [0.3, 0.4) is 0 Å². The second-order valence-corrected chi connectivity index (χ2v) is 5.81. The molecule has 0 bridgehead atoms. The summed E-state index contributed by atoms with van der Waals surface area (Å²) in [7, 11) is 0. The van der Waals surface area contributed by atoms with Gasteiger partial charge >= 0.3 is 5.97 Å². The second kappa shape index (κ2) is 5.41. The molecule has 0 saturated heterocycles. The Hall–Kier alpha value is -1.86. The Balaban J connectivity index is 2.33. The smallest absolute Gasteiger partial charge is 0.345 e. The number of rotatable bonds is 4. The lowest BCUT2D eigenvalue weighted by Gasteiger charge is -2.02. The van der Waals surface area contributed by atoms with E-state index in [1.807, 2.05) is 6.92 Å². The van der Waals surface area contributed by atoms with Gasteiger partial charge in [-0.3, -0.25) is 10.1 Å². The predicted octanol–water partition coefficient (Wildman–Crippen LogP) is 3.81. The molecule has 0 aliphatic rings. The van der Waals surface area contributed by atoms with Gasteiger partial charge in [-0.1, -0.05) is 17.8 Å². The number of hydrogen-bond acceptors (Lipinski definition) is 5. The SMILES string of the molecule is Cc1ccc([N+](=O)[O-])c(Sc2csc(C(=O)O)c2)c1. The maximum atomic E-state index is 10.9. The summed E-state index contributed by atoms with van der Waals surface area (Å²) in [6.45, 7) is 1.85. The molecule has 0 saturated carbocycles. The molecule has 0 fully saturated rings. The standard InChI is InChI=1S/C12H9NO4S2/c1-7-2-3-9(13(16)17)10(4-7)19-8-5-11(12(14)15)18-6-8/h2-6H,1H3,(H,14,15). The summed E-state index contributed by atoms with van der Waals surface area (Å²) < 4.78 is 0. The minimum absolute atomic E-state index is 0.0266. The fourth-order valence-corrected chi connectivity index (χ4v) is 3.41. The van der Waals surface area contributed by atoms with E-state index < -0.39 is 10.9 Å². The highest BCUT2D eigenvalue weighted by molar-refractivity contribution is 7.99. The van der Waals surface area contributed by atoms with Crippen molar-refractivity contribution in [2.45, 2.75) is 16.7 Å². The molecule has 2 aromatic rings. The normalized spacial score (nSPS) is 10.4. The number of hydrogen-bond donors (Lipinski definition) is 1. The van der Waals surface area contributed by atoms with Gasteiger partial charge in [-0.2, -0.15) is 0 Å². The molecule has 1 aromatic heterocycles. The highest BCUT2D eigenvalue weighted by Gasteiger charge is 2.16. The molecular formula is C12H9NO4S2. The summed E-state index contributed by atoms with van der Waals surface area (Å²) >= 11 is 2.31. The minimum Gasteiger partial charge on any atom is -0.477 e. The molecular weight excluding hydrogens is 286 g/mol. The third-order valence-electron chi connectivity index (χ3n) is 2.33. The maximum absolute atomic E-state index is 10.9. The van der Waals surface area contributed by atoms with Crippen molar-refractivity contribution in [1.29, 1.82) is 0 Å². The average Bonchev–Trinajstić information content (AvgIpc) is 2.77. The van der Waals surface area contributed by atoms with Gasteiger partial charge in [0.15, 0.2) is 0 Å². The first-order valence-corrected chi connectivity index (χ1v) is 6.91. The van der Waals surface area contributed by atoms with Crippen molar-refractivity contribution in [3.8, 4) is 0 Å². The molecule has 19 heavy (non-hydrogen) atoms. The van der Waals surface area contributed by atoms with Crippen LogP contribution in [0.4, 0.5) is 5.69 Å². The van der Waals surface area contributed by atoms with Crippen LogP contribution in [0.5, 0.6) is 0 Å². The molecule has 5 nitrogen and oxygen atoms in total. The molecule has 0 unspecified atom stereocenters. The second-order valence-electron chi connectivity index (χ2n) is 3.78. The number of benzene rings is 1. The lowest BCUT2D eigenvalue weighted by Crippen LogP contribution is -1.91. The highest BCUT2D eigenvalue weighted by Crippen LogP contribution is 2.37. The van der Waals surface area contributed by atoms with E-state index in [2.05, 4.69) is 0 Å². The summed E-state index contributed by atoms with van der Waals surface area (Å²) in [5.74, 6) is -0.990. The van der Waals surface area contributed by atoms with Crippen LogP contribution in [0, 0.1) is 17.0 Å². The average molecular weight is 295 g/mol. The fourth-order valence-electron chi connectivity index (χ4n) is 1.47. The molecule has 0 spiro atoms. The molecule has 1 heterocycles. The Bertz CT molecular complexity index is 651.